The minimum atomic E-state index is 0. The van der Waals surface area contributed by atoms with Gasteiger partial charge in [0.15, 0.2) is 19.1 Å². The lowest BCUT2D eigenvalue weighted by Crippen LogP contribution is -3.10. The summed E-state index contributed by atoms with van der Waals surface area (Å²) in [6.45, 7) is 8.98. The maximum absolute atomic E-state index is 11.7. The van der Waals surface area contributed by atoms with Crippen molar-refractivity contribution < 1.29 is 43.9 Å². The molecule has 0 aliphatic carbocycles. The van der Waals surface area contributed by atoms with Crippen molar-refractivity contribution in [2.24, 2.45) is 0 Å². The zero-order chi connectivity index (χ0) is 25.8. The minimum absolute atomic E-state index is 0. The Morgan fingerprint density at radius 2 is 1.56 bits per heavy atom. The Morgan fingerprint density at radius 3 is 2.26 bits per heavy atom. The maximum Gasteiger partial charge on any atom is 0.227 e. The molecule has 0 spiro atoms. The van der Waals surface area contributed by atoms with Crippen LogP contribution in [0.4, 0.5) is 5.69 Å². The van der Waals surface area contributed by atoms with Crippen molar-refractivity contribution in [1.29, 1.82) is 0 Å². The molecule has 8 heteroatoms. The fourth-order valence-corrected chi connectivity index (χ4v) is 6.00. The van der Waals surface area contributed by atoms with Crippen LogP contribution in [0.25, 0.3) is 10.8 Å². The van der Waals surface area contributed by atoms with E-state index in [0.29, 0.717) is 24.9 Å². The number of hydrogen-bond acceptors (Lipinski definition) is 2. The van der Waals surface area contributed by atoms with Crippen LogP contribution in [0.5, 0.6) is 0 Å². The topological polar surface area (TPSA) is 48.9 Å². The van der Waals surface area contributed by atoms with Gasteiger partial charge in [-0.05, 0) is 42.7 Å². The average Bonchev–Trinajstić information content (AvgIpc) is 3.52. The van der Waals surface area contributed by atoms with Crippen LogP contribution in [0.15, 0.2) is 60.9 Å². The fourth-order valence-electron chi connectivity index (χ4n) is 6.00. The van der Waals surface area contributed by atoms with Crippen LogP contribution in [0.1, 0.15) is 63.0 Å². The summed E-state index contributed by atoms with van der Waals surface area (Å²) in [5, 5.41) is 2.56. The molecule has 3 aliphatic heterocycles. The van der Waals surface area contributed by atoms with Crippen molar-refractivity contribution in [3.8, 4) is 0 Å². The number of benzene rings is 2. The Bertz CT molecular complexity index is 1280. The van der Waals surface area contributed by atoms with Crippen LogP contribution in [0.3, 0.4) is 0 Å². The summed E-state index contributed by atoms with van der Waals surface area (Å²) in [5.41, 5.74) is 4.20. The largest absolute Gasteiger partial charge is 1.00 e. The molecule has 6 nitrogen and oxygen atoms in total. The van der Waals surface area contributed by atoms with Gasteiger partial charge in [-0.3, -0.25) is 24.3 Å². The van der Waals surface area contributed by atoms with Gasteiger partial charge in [0.25, 0.3) is 0 Å². The highest BCUT2D eigenvalue weighted by Gasteiger charge is 2.30. The maximum atomic E-state index is 11.7. The first kappa shape index (κ1) is 30.9. The number of quaternary nitrogens is 1. The summed E-state index contributed by atoms with van der Waals surface area (Å²) in [6, 6.07) is 17.1. The van der Waals surface area contributed by atoms with Gasteiger partial charge in [-0.25, -0.2) is 0 Å². The van der Waals surface area contributed by atoms with Gasteiger partial charge in [-0.1, -0.05) is 50.2 Å². The van der Waals surface area contributed by atoms with Crippen molar-refractivity contribution >= 4 is 28.3 Å². The van der Waals surface area contributed by atoms with Crippen molar-refractivity contribution in [3.05, 3.63) is 72.1 Å². The molecule has 6 rings (SSSR count). The smallest absolute Gasteiger partial charge is 0.227 e. The van der Waals surface area contributed by atoms with Crippen LogP contribution in [-0.2, 0) is 22.7 Å². The standard InChI is InChI=1S/C16H19N2O.C15H20N2O.2ClH/c1-2-13-10-17(12-18-9-5-8-16(18)19)11-14-6-3-4-7-15(13)14;1-12-8-10-16(11-17-9-4-7-15(17)18)14-6-3-2-5-13(12)14;;/h3-4,6-7,10-11H,2,5,8-9,12H2,1H3;2-3,5-6,12H,4,7-11H2,1H3;2*1H/q+1;;;/p-1. The molecule has 0 bridgehead atoms. The number of nitrogens with zero attached hydrogens (tertiary/aromatic N) is 3. The van der Waals surface area contributed by atoms with Crippen LogP contribution in [-0.4, -0.2) is 47.9 Å². The van der Waals surface area contributed by atoms with Crippen LogP contribution >= 0.6 is 0 Å². The molecule has 2 aromatic carbocycles. The third-order valence-electron chi connectivity index (χ3n) is 8.12. The third-order valence-corrected chi connectivity index (χ3v) is 8.12. The number of carbonyl (C=O) groups excluding carboxylic acids is 2. The lowest BCUT2D eigenvalue weighted by molar-refractivity contribution is -0.845. The second-order valence-corrected chi connectivity index (χ2v) is 10.7. The summed E-state index contributed by atoms with van der Waals surface area (Å²) in [5.74, 6) is 1.26. The molecule has 2 fully saturated rings. The number of aryl methyl sites for hydroxylation is 1. The van der Waals surface area contributed by atoms with Crippen molar-refractivity contribution in [2.45, 2.75) is 65.0 Å². The Kier molecular flexibility index (Phi) is 11.2. The van der Waals surface area contributed by atoms with Gasteiger partial charge < -0.3 is 24.8 Å². The van der Waals surface area contributed by atoms with E-state index in [1.54, 1.807) is 0 Å². The predicted octanol–water partition coefficient (Wildman–Crippen LogP) is -2.43. The number of amides is 2. The molecule has 4 heterocycles. The SMILES string of the molecule is CC1CC[NH+](CN2CCCC2=O)c2ccccc21.CCc1c[n+](CN2CCCC2=O)cc2ccccc12.[Cl-].[Cl-]. The zero-order valence-electron chi connectivity index (χ0n) is 23.0. The Hall–Kier alpha value is -2.67. The molecule has 2 amide bonds. The molecule has 210 valence electrons. The number of para-hydroxylation sites is 1. The molecule has 3 aliphatic rings. The number of hydrogen-bond donors (Lipinski definition) is 1. The van der Waals surface area contributed by atoms with Crippen LogP contribution < -0.4 is 34.3 Å². The summed E-state index contributed by atoms with van der Waals surface area (Å²) in [7, 11) is 0. The lowest BCUT2D eigenvalue weighted by Gasteiger charge is -2.31. The monoisotopic (exact) mass is 570 g/mol. The third kappa shape index (κ3) is 7.10. The first-order valence-electron chi connectivity index (χ1n) is 13.9. The number of rotatable bonds is 5. The highest BCUT2D eigenvalue weighted by atomic mass is 35.5. The van der Waals surface area contributed by atoms with Gasteiger partial charge in [-0.15, -0.1) is 0 Å². The second-order valence-electron chi connectivity index (χ2n) is 10.7. The quantitative estimate of drug-likeness (QED) is 0.347. The number of likely N-dealkylation sites (tertiary alicyclic amines) is 2. The summed E-state index contributed by atoms with van der Waals surface area (Å²) in [4.78, 5) is 28.9. The van der Waals surface area contributed by atoms with Gasteiger partial charge in [0.2, 0.25) is 18.5 Å². The molecule has 2 unspecified atom stereocenters. The number of pyridine rings is 1. The number of aromatic nitrogens is 1. The summed E-state index contributed by atoms with van der Waals surface area (Å²) in [6.07, 6.45) is 10.0. The fraction of sp³-hybridized carbons (Fsp3) is 0.452. The van der Waals surface area contributed by atoms with Gasteiger partial charge >= 0.3 is 0 Å². The molecule has 39 heavy (non-hydrogen) atoms. The summed E-state index contributed by atoms with van der Waals surface area (Å²) < 4.78 is 2.14. The predicted molar refractivity (Wildman–Crippen MR) is 145 cm³/mol. The van der Waals surface area contributed by atoms with E-state index in [1.807, 2.05) is 9.80 Å². The van der Waals surface area contributed by atoms with E-state index in [1.165, 1.54) is 38.9 Å². The van der Waals surface area contributed by atoms with E-state index in [0.717, 1.165) is 52.0 Å². The molecule has 2 atom stereocenters. The van der Waals surface area contributed by atoms with Crippen molar-refractivity contribution in [3.63, 3.8) is 0 Å². The molecule has 2 saturated heterocycles. The Balaban J connectivity index is 0.000000205. The molecule has 1 N–H and O–H groups in total. The van der Waals surface area contributed by atoms with Gasteiger partial charge in [0.05, 0.1) is 6.54 Å². The molecule has 0 radical (unpaired) electrons. The Morgan fingerprint density at radius 1 is 0.897 bits per heavy atom. The summed E-state index contributed by atoms with van der Waals surface area (Å²) >= 11 is 0. The van der Waals surface area contributed by atoms with E-state index >= 15 is 0 Å². The minimum Gasteiger partial charge on any atom is -1.00 e. The number of nitrogens with one attached hydrogen (secondary N) is 1. The lowest BCUT2D eigenvalue weighted by atomic mass is 9.92. The van der Waals surface area contributed by atoms with Crippen molar-refractivity contribution in [1.82, 2.24) is 9.80 Å². The van der Waals surface area contributed by atoms with E-state index in [-0.39, 0.29) is 30.7 Å². The van der Waals surface area contributed by atoms with Gasteiger partial charge in [0.1, 0.15) is 5.69 Å². The Labute approximate surface area is 244 Å². The van der Waals surface area contributed by atoms with Gasteiger partial charge in [0, 0.05) is 48.9 Å². The van der Waals surface area contributed by atoms with Crippen molar-refractivity contribution in [2.75, 3.05) is 26.3 Å². The number of carbonyl (C=O) groups is 2. The van der Waals surface area contributed by atoms with E-state index in [4.69, 9.17) is 0 Å². The van der Waals surface area contributed by atoms with E-state index in [9.17, 15) is 9.59 Å². The van der Waals surface area contributed by atoms with Crippen LogP contribution in [0, 0.1) is 0 Å². The van der Waals surface area contributed by atoms with Crippen LogP contribution in [0.2, 0.25) is 0 Å². The first-order chi connectivity index (χ1) is 18.0. The number of fused-ring (bicyclic) bond motifs is 2. The normalized spacial score (nSPS) is 20.2. The molecule has 0 saturated carbocycles. The molecule has 3 aromatic rings. The zero-order valence-corrected chi connectivity index (χ0v) is 24.6. The average molecular weight is 572 g/mol. The van der Waals surface area contributed by atoms with E-state index < -0.39 is 0 Å². The first-order valence-corrected chi connectivity index (χ1v) is 13.9. The van der Waals surface area contributed by atoms with E-state index in [2.05, 4.69) is 79.3 Å². The highest BCUT2D eigenvalue weighted by molar-refractivity contribution is 5.84. The number of halogens is 2. The molecular formula is C31H40Cl2N4O2. The molecule has 1 aromatic heterocycles. The highest BCUT2D eigenvalue weighted by Crippen LogP contribution is 2.27. The second kappa shape index (κ2) is 14.1. The molecular weight excluding hydrogens is 531 g/mol. The van der Waals surface area contributed by atoms with Gasteiger partial charge in [-0.2, -0.15) is 4.57 Å².